The number of rotatable bonds is 2. The molecule has 0 radical (unpaired) electrons. The predicted octanol–water partition coefficient (Wildman–Crippen LogP) is 2.33. The standard InChI is InChI=1S/C9H10BrNO/c1-7-2-4-8(5-3-7)11-9(12)6-10/h2-5H,6H2,1H3,(H,11,12). The minimum Gasteiger partial charge on any atom is -0.325 e. The van der Waals surface area contributed by atoms with Crippen LogP contribution >= 0.6 is 15.9 Å². The van der Waals surface area contributed by atoms with Crippen molar-refractivity contribution in [3.05, 3.63) is 29.8 Å². The van der Waals surface area contributed by atoms with Crippen LogP contribution in [0.15, 0.2) is 24.3 Å². The largest absolute Gasteiger partial charge is 0.325 e. The van der Waals surface area contributed by atoms with Crippen LogP contribution in [-0.4, -0.2) is 11.2 Å². The fraction of sp³-hybridized carbons (Fsp3) is 0.222. The zero-order chi connectivity index (χ0) is 8.97. The van der Waals surface area contributed by atoms with Crippen molar-refractivity contribution in [1.29, 1.82) is 0 Å². The van der Waals surface area contributed by atoms with Crippen molar-refractivity contribution < 1.29 is 4.79 Å². The maximum Gasteiger partial charge on any atom is 0.235 e. The number of aryl methyl sites for hydroxylation is 1. The lowest BCUT2D eigenvalue weighted by atomic mass is 10.2. The Balaban J connectivity index is 2.64. The molecule has 0 atom stereocenters. The van der Waals surface area contributed by atoms with Crippen molar-refractivity contribution in [3.8, 4) is 0 Å². The van der Waals surface area contributed by atoms with Crippen molar-refractivity contribution in [2.24, 2.45) is 0 Å². The second-order valence-electron chi connectivity index (χ2n) is 2.55. The van der Waals surface area contributed by atoms with Crippen LogP contribution in [0.2, 0.25) is 0 Å². The number of halogens is 1. The molecule has 0 aliphatic rings. The van der Waals surface area contributed by atoms with Gasteiger partial charge in [0.15, 0.2) is 0 Å². The number of carbonyl (C=O) groups excluding carboxylic acids is 1. The molecule has 1 N–H and O–H groups in total. The normalized spacial score (nSPS) is 9.50. The zero-order valence-corrected chi connectivity index (χ0v) is 8.39. The second kappa shape index (κ2) is 4.26. The monoisotopic (exact) mass is 227 g/mol. The summed E-state index contributed by atoms with van der Waals surface area (Å²) in [6, 6.07) is 7.69. The first kappa shape index (κ1) is 9.26. The number of hydrogen-bond donors (Lipinski definition) is 1. The number of hydrogen-bond acceptors (Lipinski definition) is 1. The molecule has 0 fully saturated rings. The molecule has 0 aromatic heterocycles. The second-order valence-corrected chi connectivity index (χ2v) is 3.11. The molecular weight excluding hydrogens is 218 g/mol. The Morgan fingerprint density at radius 1 is 1.42 bits per heavy atom. The van der Waals surface area contributed by atoms with Crippen LogP contribution in [0.1, 0.15) is 5.56 Å². The predicted molar refractivity (Wildman–Crippen MR) is 53.6 cm³/mol. The van der Waals surface area contributed by atoms with Gasteiger partial charge in [-0.1, -0.05) is 33.6 Å². The Morgan fingerprint density at radius 3 is 2.50 bits per heavy atom. The quantitative estimate of drug-likeness (QED) is 0.773. The van der Waals surface area contributed by atoms with Gasteiger partial charge < -0.3 is 5.32 Å². The van der Waals surface area contributed by atoms with Crippen LogP contribution in [0, 0.1) is 6.92 Å². The van der Waals surface area contributed by atoms with Gasteiger partial charge in [-0.2, -0.15) is 0 Å². The molecule has 3 heteroatoms. The van der Waals surface area contributed by atoms with Gasteiger partial charge in [0.1, 0.15) is 0 Å². The lowest BCUT2D eigenvalue weighted by molar-refractivity contribution is -0.113. The number of alkyl halides is 1. The SMILES string of the molecule is Cc1ccc(NC(=O)CBr)cc1. The van der Waals surface area contributed by atoms with E-state index in [-0.39, 0.29) is 5.91 Å². The summed E-state index contributed by atoms with van der Waals surface area (Å²) in [5.41, 5.74) is 2.02. The molecule has 2 nitrogen and oxygen atoms in total. The number of anilines is 1. The van der Waals surface area contributed by atoms with E-state index in [1.54, 1.807) is 0 Å². The van der Waals surface area contributed by atoms with Crippen LogP contribution in [0.4, 0.5) is 5.69 Å². The summed E-state index contributed by atoms with van der Waals surface area (Å²) in [5, 5.41) is 3.07. The lowest BCUT2D eigenvalue weighted by Crippen LogP contribution is -2.11. The summed E-state index contributed by atoms with van der Waals surface area (Å²) in [5.74, 6) is -0.0288. The van der Waals surface area contributed by atoms with E-state index in [1.807, 2.05) is 31.2 Å². The number of nitrogens with one attached hydrogen (secondary N) is 1. The molecule has 0 heterocycles. The van der Waals surface area contributed by atoms with Crippen molar-refractivity contribution >= 4 is 27.5 Å². The summed E-state index contributed by atoms with van der Waals surface area (Å²) in [6.45, 7) is 2.01. The zero-order valence-electron chi connectivity index (χ0n) is 6.80. The average Bonchev–Trinajstić information content (AvgIpc) is 2.09. The Kier molecular flexibility index (Phi) is 3.29. The number of benzene rings is 1. The van der Waals surface area contributed by atoms with Crippen LogP contribution < -0.4 is 5.32 Å². The molecule has 12 heavy (non-hydrogen) atoms. The van der Waals surface area contributed by atoms with Crippen LogP contribution in [-0.2, 0) is 4.79 Å². The molecule has 0 saturated heterocycles. The minimum atomic E-state index is -0.0288. The highest BCUT2D eigenvalue weighted by Crippen LogP contribution is 2.08. The van der Waals surface area contributed by atoms with Crippen LogP contribution in [0.3, 0.4) is 0 Å². The maximum absolute atomic E-state index is 10.9. The third-order valence-electron chi connectivity index (χ3n) is 1.46. The van der Waals surface area contributed by atoms with Crippen molar-refractivity contribution in [3.63, 3.8) is 0 Å². The van der Waals surface area contributed by atoms with Gasteiger partial charge in [0, 0.05) is 5.69 Å². The van der Waals surface area contributed by atoms with Gasteiger partial charge in [-0.3, -0.25) is 4.79 Å². The summed E-state index contributed by atoms with van der Waals surface area (Å²) < 4.78 is 0. The molecule has 64 valence electrons. The number of carbonyl (C=O) groups is 1. The molecule has 1 rings (SSSR count). The molecule has 1 aromatic carbocycles. The van der Waals surface area contributed by atoms with Gasteiger partial charge in [-0.25, -0.2) is 0 Å². The molecular formula is C9H10BrNO. The van der Waals surface area contributed by atoms with E-state index < -0.39 is 0 Å². The van der Waals surface area contributed by atoms with Crippen molar-refractivity contribution in [1.82, 2.24) is 0 Å². The highest BCUT2D eigenvalue weighted by Gasteiger charge is 1.97. The summed E-state index contributed by atoms with van der Waals surface area (Å²) >= 11 is 3.07. The fourth-order valence-corrected chi connectivity index (χ4v) is 0.971. The van der Waals surface area contributed by atoms with E-state index in [1.165, 1.54) is 5.56 Å². The van der Waals surface area contributed by atoms with Gasteiger partial charge in [0.05, 0.1) is 5.33 Å². The molecule has 1 amide bonds. The van der Waals surface area contributed by atoms with E-state index in [0.717, 1.165) is 5.69 Å². The van der Waals surface area contributed by atoms with E-state index in [2.05, 4.69) is 21.2 Å². The Morgan fingerprint density at radius 2 is 2.00 bits per heavy atom. The van der Waals surface area contributed by atoms with Gasteiger partial charge in [-0.05, 0) is 19.1 Å². The molecule has 0 aliphatic carbocycles. The molecule has 0 unspecified atom stereocenters. The van der Waals surface area contributed by atoms with Crippen LogP contribution in [0.25, 0.3) is 0 Å². The Hall–Kier alpha value is -0.830. The van der Waals surface area contributed by atoms with E-state index >= 15 is 0 Å². The third-order valence-corrected chi connectivity index (χ3v) is 1.97. The average molecular weight is 228 g/mol. The molecule has 0 spiro atoms. The molecule has 0 saturated carbocycles. The summed E-state index contributed by atoms with van der Waals surface area (Å²) in [4.78, 5) is 10.9. The summed E-state index contributed by atoms with van der Waals surface area (Å²) in [6.07, 6.45) is 0. The smallest absolute Gasteiger partial charge is 0.235 e. The minimum absolute atomic E-state index is 0.0288. The Bertz CT molecular complexity index is 268. The highest BCUT2D eigenvalue weighted by molar-refractivity contribution is 9.09. The molecule has 1 aromatic rings. The highest BCUT2D eigenvalue weighted by atomic mass is 79.9. The van der Waals surface area contributed by atoms with Crippen LogP contribution in [0.5, 0.6) is 0 Å². The topological polar surface area (TPSA) is 29.1 Å². The van der Waals surface area contributed by atoms with Crippen molar-refractivity contribution in [2.75, 3.05) is 10.6 Å². The van der Waals surface area contributed by atoms with E-state index in [0.29, 0.717) is 5.33 Å². The van der Waals surface area contributed by atoms with E-state index in [9.17, 15) is 4.79 Å². The molecule has 0 aliphatic heterocycles. The first-order chi connectivity index (χ1) is 5.72. The lowest BCUT2D eigenvalue weighted by Gasteiger charge is -2.02. The summed E-state index contributed by atoms with van der Waals surface area (Å²) in [7, 11) is 0. The Labute approximate surface area is 80.1 Å². The van der Waals surface area contributed by atoms with Gasteiger partial charge in [0.2, 0.25) is 5.91 Å². The maximum atomic E-state index is 10.9. The van der Waals surface area contributed by atoms with Gasteiger partial charge >= 0.3 is 0 Å². The van der Waals surface area contributed by atoms with Crippen molar-refractivity contribution in [2.45, 2.75) is 6.92 Å². The third kappa shape index (κ3) is 2.66. The van der Waals surface area contributed by atoms with Gasteiger partial charge in [0.25, 0.3) is 0 Å². The van der Waals surface area contributed by atoms with Gasteiger partial charge in [-0.15, -0.1) is 0 Å². The van der Waals surface area contributed by atoms with E-state index in [4.69, 9.17) is 0 Å². The fourth-order valence-electron chi connectivity index (χ4n) is 0.831. The first-order valence-electron chi connectivity index (χ1n) is 3.65. The molecule has 0 bridgehead atoms. The number of amides is 1. The first-order valence-corrected chi connectivity index (χ1v) is 4.77.